The van der Waals surface area contributed by atoms with Gasteiger partial charge < -0.3 is 29.3 Å². The van der Waals surface area contributed by atoms with Crippen molar-refractivity contribution in [3.8, 4) is 11.8 Å². The molecule has 16 atom stereocenters. The molecule has 0 aliphatic heterocycles. The summed E-state index contributed by atoms with van der Waals surface area (Å²) in [5, 5.41) is 24.3. The molecule has 0 spiro atoms. The lowest BCUT2D eigenvalue weighted by atomic mass is 9.43. The first-order valence-corrected chi connectivity index (χ1v) is 26.1. The highest BCUT2D eigenvalue weighted by Crippen LogP contribution is 2.70. The molecule has 9 rings (SSSR count). The fraction of sp³-hybridized carbons (Fsp3) is 0.750. The minimum atomic E-state index is -0.988. The van der Waals surface area contributed by atoms with Gasteiger partial charge in [-0.25, -0.2) is 0 Å². The number of methoxy groups -OCH3 is 1. The summed E-state index contributed by atoms with van der Waals surface area (Å²) >= 11 is 6.40. The molecule has 356 valence electrons. The van der Waals surface area contributed by atoms with Crippen LogP contribution >= 0.6 is 11.6 Å². The van der Waals surface area contributed by atoms with E-state index in [0.29, 0.717) is 79.0 Å². The Balaban J connectivity index is 0.850. The van der Waals surface area contributed by atoms with E-state index in [-0.39, 0.29) is 52.5 Å². The molecule has 1 aromatic rings. The first kappa shape index (κ1) is 47.4. The topological polar surface area (TPSA) is 106 Å². The molecule has 9 heteroatoms. The van der Waals surface area contributed by atoms with Crippen molar-refractivity contribution < 1.29 is 34.0 Å². The van der Waals surface area contributed by atoms with Crippen molar-refractivity contribution in [2.75, 3.05) is 38.3 Å². The molecule has 0 saturated heterocycles. The fourth-order valence-electron chi connectivity index (χ4n) is 16.9. The Morgan fingerprint density at radius 3 is 2.52 bits per heavy atom. The van der Waals surface area contributed by atoms with E-state index in [1.54, 1.807) is 5.57 Å². The Hall–Kier alpha value is -2.67. The fourth-order valence-corrected chi connectivity index (χ4v) is 17.1. The van der Waals surface area contributed by atoms with E-state index in [1.807, 2.05) is 6.92 Å². The average molecular weight is 913 g/mol. The number of halogens is 1. The third-order valence-electron chi connectivity index (χ3n) is 20.5. The number of Topliss-reactive ketones (excluding diaryl/α,β-unsaturated/α-hetero) is 1. The summed E-state index contributed by atoms with van der Waals surface area (Å²) in [6.45, 7) is 12.7. The average Bonchev–Trinajstić information content (AvgIpc) is 3.79. The van der Waals surface area contributed by atoms with Crippen LogP contribution in [0.25, 0.3) is 0 Å². The number of likely N-dealkylation sites (N-methyl/N-ethyl adjacent to an activating group) is 1. The number of hydrogen-bond acceptors (Lipinski definition) is 8. The largest absolute Gasteiger partial charge is 0.469 e. The van der Waals surface area contributed by atoms with Gasteiger partial charge in [-0.3, -0.25) is 9.59 Å². The zero-order valence-electron chi connectivity index (χ0n) is 40.5. The Bertz CT molecular complexity index is 2090. The lowest BCUT2D eigenvalue weighted by Crippen LogP contribution is -2.62. The standard InChI is InChI=1S/C56H78ClNO7/c1-8-23-56(62)25-22-45-42-16-12-36-28-39(59)15-17-41(36)51(42)43(32-54(45,56)4)35-10-13-38(14-11-35)58(6)26-27-64-40-21-24-53(3)37(29-40)30-48(65-33-57)52-46-19-18-44(34(2)9-20-50(61)63-7)55(46,5)49(60)31-47(52)53/h10-14,34,37,40,42-49,52,60,62H,9,15-22,24-33H2,1-7H3/t34-,37+,40+,42?,43-,44-,45?,46+,47+,48-,49+,52+,53+,54+,55-,56+/m1/s1. The number of hydrogen-bond donors (Lipinski definition) is 2. The summed E-state index contributed by atoms with van der Waals surface area (Å²) in [5.41, 5.74) is 5.31. The van der Waals surface area contributed by atoms with E-state index < -0.39 is 5.60 Å². The number of fused-ring (bicyclic) bond motifs is 9. The van der Waals surface area contributed by atoms with Crippen molar-refractivity contribution in [3.05, 3.63) is 52.6 Å². The Morgan fingerprint density at radius 2 is 1.78 bits per heavy atom. The number of benzene rings is 1. The van der Waals surface area contributed by atoms with Crippen LogP contribution in [0.4, 0.5) is 5.69 Å². The third-order valence-corrected chi connectivity index (χ3v) is 20.6. The normalized spacial score (nSPS) is 42.2. The van der Waals surface area contributed by atoms with E-state index in [9.17, 15) is 19.8 Å². The molecule has 7 fully saturated rings. The predicted molar refractivity (Wildman–Crippen MR) is 256 cm³/mol. The highest BCUT2D eigenvalue weighted by atomic mass is 35.5. The van der Waals surface area contributed by atoms with Crippen molar-refractivity contribution in [2.24, 2.45) is 63.6 Å². The molecule has 2 unspecified atom stereocenters. The number of carbonyl (C=O) groups is 2. The van der Waals surface area contributed by atoms with Crippen molar-refractivity contribution in [1.82, 2.24) is 0 Å². The van der Waals surface area contributed by atoms with Gasteiger partial charge in [0, 0.05) is 49.9 Å². The van der Waals surface area contributed by atoms with Crippen LogP contribution in [0.1, 0.15) is 149 Å². The first-order chi connectivity index (χ1) is 31.1. The number of ketones is 1. The monoisotopic (exact) mass is 912 g/mol. The van der Waals surface area contributed by atoms with E-state index >= 15 is 0 Å². The molecule has 0 radical (unpaired) electrons. The molecule has 65 heavy (non-hydrogen) atoms. The number of allylic oxidation sites excluding steroid dienone is 4. The molecular formula is C56H78ClNO7. The van der Waals surface area contributed by atoms with Gasteiger partial charge >= 0.3 is 5.97 Å². The Labute approximate surface area is 395 Å². The zero-order valence-corrected chi connectivity index (χ0v) is 41.3. The molecule has 8 aliphatic carbocycles. The van der Waals surface area contributed by atoms with E-state index in [1.165, 1.54) is 29.5 Å². The summed E-state index contributed by atoms with van der Waals surface area (Å²) in [6.07, 6.45) is 16.1. The minimum absolute atomic E-state index is 0.0722. The quantitative estimate of drug-likeness (QED) is 0.121. The number of ether oxygens (including phenoxy) is 3. The van der Waals surface area contributed by atoms with Crippen molar-refractivity contribution in [3.63, 3.8) is 0 Å². The molecule has 0 bridgehead atoms. The number of anilines is 1. The van der Waals surface area contributed by atoms with Crippen LogP contribution in [0.2, 0.25) is 0 Å². The molecule has 8 aliphatic rings. The van der Waals surface area contributed by atoms with Gasteiger partial charge in [-0.15, -0.1) is 5.92 Å². The second kappa shape index (κ2) is 18.3. The van der Waals surface area contributed by atoms with Crippen molar-refractivity contribution >= 4 is 29.0 Å². The maximum absolute atomic E-state index is 12.6. The van der Waals surface area contributed by atoms with E-state index in [0.717, 1.165) is 90.0 Å². The molecule has 8 nitrogen and oxygen atoms in total. The molecule has 1 aromatic carbocycles. The molecule has 0 heterocycles. The highest BCUT2D eigenvalue weighted by Gasteiger charge is 2.67. The molecular weight excluding hydrogens is 834 g/mol. The number of aliphatic hydroxyl groups is 2. The number of alkyl halides is 1. The summed E-state index contributed by atoms with van der Waals surface area (Å²) in [6, 6.07) is 9.35. The predicted octanol–water partition coefficient (Wildman–Crippen LogP) is 10.6. The molecule has 2 N–H and O–H groups in total. The maximum atomic E-state index is 12.6. The van der Waals surface area contributed by atoms with Gasteiger partial charge in [0.25, 0.3) is 0 Å². The number of carbonyl (C=O) groups excluding carboxylic acids is 2. The smallest absolute Gasteiger partial charge is 0.305 e. The lowest BCUT2D eigenvalue weighted by Gasteiger charge is -2.64. The van der Waals surface area contributed by atoms with Crippen molar-refractivity contribution in [2.45, 2.75) is 167 Å². The van der Waals surface area contributed by atoms with Crippen LogP contribution in [0.3, 0.4) is 0 Å². The zero-order chi connectivity index (χ0) is 46.1. The number of rotatable bonds is 12. The van der Waals surface area contributed by atoms with Gasteiger partial charge in [-0.05, 0) is 177 Å². The van der Waals surface area contributed by atoms with Crippen LogP contribution in [0.15, 0.2) is 47.1 Å². The SMILES string of the molecule is CC#C[C@]1(O)CCC2C3CC=C4CC(=O)CCC4=C3[C@@H](c3ccc(N(C)CCO[C@H]4CC[C@@]5(C)[C@@H](C4)C[C@@H](OCCl)[C@@H]4[C@@H]5C[C@H](O)[C@]5(C)[C@@H]([C@H](C)CCC(=O)OC)CC[C@@H]45)cc3)C[C@@]21C. The van der Waals surface area contributed by atoms with Gasteiger partial charge in [0.1, 0.15) is 17.5 Å². The summed E-state index contributed by atoms with van der Waals surface area (Å²) in [7, 11) is 3.62. The van der Waals surface area contributed by atoms with Gasteiger partial charge in [-0.2, -0.15) is 0 Å². The molecule has 0 aromatic heterocycles. The highest BCUT2D eigenvalue weighted by molar-refractivity contribution is 6.17. The van der Waals surface area contributed by atoms with Crippen molar-refractivity contribution in [1.29, 1.82) is 0 Å². The van der Waals surface area contributed by atoms with Gasteiger partial charge in [-0.1, -0.05) is 69.0 Å². The third kappa shape index (κ3) is 7.99. The van der Waals surface area contributed by atoms with Crippen LogP contribution in [-0.2, 0) is 23.8 Å². The number of nitrogens with zero attached hydrogens (tertiary/aromatic N) is 1. The minimum Gasteiger partial charge on any atom is -0.469 e. The van der Waals surface area contributed by atoms with Gasteiger partial charge in [0.2, 0.25) is 0 Å². The van der Waals surface area contributed by atoms with E-state index in [2.05, 4.69) is 81.8 Å². The van der Waals surface area contributed by atoms with Gasteiger partial charge in [0.05, 0.1) is 32.0 Å². The van der Waals surface area contributed by atoms with E-state index in [4.69, 9.17) is 25.8 Å². The van der Waals surface area contributed by atoms with Gasteiger partial charge in [0.15, 0.2) is 0 Å². The molecule has 7 saturated carbocycles. The Morgan fingerprint density at radius 1 is 1.00 bits per heavy atom. The summed E-state index contributed by atoms with van der Waals surface area (Å²) < 4.78 is 18.2. The second-order valence-corrected chi connectivity index (χ2v) is 23.2. The number of esters is 1. The lowest BCUT2D eigenvalue weighted by molar-refractivity contribution is -0.215. The summed E-state index contributed by atoms with van der Waals surface area (Å²) in [5.74, 6) is 9.76. The van der Waals surface area contributed by atoms with Crippen LogP contribution in [0.5, 0.6) is 0 Å². The second-order valence-electron chi connectivity index (χ2n) is 23.0. The van der Waals surface area contributed by atoms with Crippen LogP contribution in [-0.4, -0.2) is 79.3 Å². The van der Waals surface area contributed by atoms with Crippen LogP contribution < -0.4 is 4.90 Å². The maximum Gasteiger partial charge on any atom is 0.305 e. The first-order valence-electron chi connectivity index (χ1n) is 25.6. The number of aliphatic hydroxyl groups excluding tert-OH is 1. The summed E-state index contributed by atoms with van der Waals surface area (Å²) in [4.78, 5) is 27.0. The molecule has 0 amide bonds. The Kier molecular flexibility index (Phi) is 13.4. The van der Waals surface area contributed by atoms with Crippen LogP contribution in [0, 0.1) is 75.4 Å².